The number of rotatable bonds is 2. The fourth-order valence-electron chi connectivity index (χ4n) is 2.91. The largest absolute Gasteiger partial charge is 0.397 e. The quantitative estimate of drug-likeness (QED) is 0.840. The van der Waals surface area contributed by atoms with Crippen molar-refractivity contribution in [2.24, 2.45) is 5.92 Å². The van der Waals surface area contributed by atoms with Crippen LogP contribution in [0.2, 0.25) is 0 Å². The van der Waals surface area contributed by atoms with Gasteiger partial charge in [0.05, 0.1) is 29.7 Å². The lowest BCUT2D eigenvalue weighted by atomic mass is 9.84. The van der Waals surface area contributed by atoms with Crippen molar-refractivity contribution in [1.82, 2.24) is 4.98 Å². The van der Waals surface area contributed by atoms with Crippen LogP contribution in [0.3, 0.4) is 0 Å². The van der Waals surface area contributed by atoms with Crippen LogP contribution in [0.4, 0.5) is 5.69 Å². The summed E-state index contributed by atoms with van der Waals surface area (Å²) in [6.07, 6.45) is 7.26. The highest BCUT2D eigenvalue weighted by atomic mass is 16.5. The molecule has 1 saturated heterocycles. The molecule has 3 rings (SSSR count). The number of hydrogen-bond acceptors (Lipinski definition) is 4. The van der Waals surface area contributed by atoms with Gasteiger partial charge in [0.2, 0.25) is 0 Å². The van der Waals surface area contributed by atoms with Gasteiger partial charge >= 0.3 is 0 Å². The molecule has 0 amide bonds. The Morgan fingerprint density at radius 3 is 2.89 bits per heavy atom. The number of nitrogens with zero attached hydrogens (tertiary/aromatic N) is 1. The summed E-state index contributed by atoms with van der Waals surface area (Å²) in [6, 6.07) is 1.92. The lowest BCUT2D eigenvalue weighted by molar-refractivity contribution is -0.177. The van der Waals surface area contributed by atoms with Crippen molar-refractivity contribution < 1.29 is 9.84 Å². The molecular formula is C14H20N2O2. The molecule has 3 unspecified atom stereocenters. The highest BCUT2D eigenvalue weighted by Crippen LogP contribution is 2.47. The minimum Gasteiger partial charge on any atom is -0.397 e. The summed E-state index contributed by atoms with van der Waals surface area (Å²) < 4.78 is 6.13. The van der Waals surface area contributed by atoms with Crippen LogP contribution in [0.5, 0.6) is 0 Å². The Hall–Kier alpha value is -1.13. The molecule has 1 aliphatic heterocycles. The van der Waals surface area contributed by atoms with E-state index in [9.17, 15) is 5.11 Å². The van der Waals surface area contributed by atoms with Gasteiger partial charge in [-0.25, -0.2) is 0 Å². The monoisotopic (exact) mass is 248 g/mol. The number of nitrogen functional groups attached to an aromatic ring is 1. The Bertz CT molecular complexity index is 443. The van der Waals surface area contributed by atoms with E-state index in [1.54, 1.807) is 12.4 Å². The number of pyridine rings is 1. The minimum absolute atomic E-state index is 0.00109. The Balaban J connectivity index is 1.82. The fourth-order valence-corrected chi connectivity index (χ4v) is 2.91. The molecular weight excluding hydrogens is 228 g/mol. The average Bonchev–Trinajstić information content (AvgIpc) is 3.14. The third-order valence-corrected chi connectivity index (χ3v) is 4.12. The van der Waals surface area contributed by atoms with E-state index < -0.39 is 5.60 Å². The SMILES string of the molecule is CC1(O)CCC(c2ccncc2N)OC1C1CC1. The number of anilines is 1. The number of hydrogen-bond donors (Lipinski definition) is 2. The first-order valence-electron chi connectivity index (χ1n) is 6.65. The van der Waals surface area contributed by atoms with E-state index in [-0.39, 0.29) is 12.2 Å². The normalized spacial score (nSPS) is 36.6. The van der Waals surface area contributed by atoms with E-state index in [2.05, 4.69) is 4.98 Å². The molecule has 2 aliphatic rings. The molecule has 1 aromatic rings. The summed E-state index contributed by atoms with van der Waals surface area (Å²) in [5.41, 5.74) is 6.94. The molecule has 1 aliphatic carbocycles. The van der Waals surface area contributed by atoms with Crippen molar-refractivity contribution in [3.05, 3.63) is 24.0 Å². The molecule has 4 nitrogen and oxygen atoms in total. The van der Waals surface area contributed by atoms with Crippen molar-refractivity contribution >= 4 is 5.69 Å². The summed E-state index contributed by atoms with van der Waals surface area (Å²) in [6.45, 7) is 1.89. The van der Waals surface area contributed by atoms with Crippen molar-refractivity contribution in [3.8, 4) is 0 Å². The number of aromatic nitrogens is 1. The van der Waals surface area contributed by atoms with Gasteiger partial charge in [-0.15, -0.1) is 0 Å². The van der Waals surface area contributed by atoms with Crippen LogP contribution < -0.4 is 5.73 Å². The summed E-state index contributed by atoms with van der Waals surface area (Å²) in [5.74, 6) is 0.519. The van der Waals surface area contributed by atoms with Gasteiger partial charge in [0.15, 0.2) is 0 Å². The molecule has 1 saturated carbocycles. The van der Waals surface area contributed by atoms with Crippen LogP contribution in [-0.2, 0) is 4.74 Å². The van der Waals surface area contributed by atoms with E-state index in [4.69, 9.17) is 10.5 Å². The molecule has 0 radical (unpaired) electrons. The lowest BCUT2D eigenvalue weighted by Gasteiger charge is -2.41. The number of nitrogens with two attached hydrogens (primary N) is 1. The molecule has 0 spiro atoms. The predicted molar refractivity (Wildman–Crippen MR) is 68.8 cm³/mol. The van der Waals surface area contributed by atoms with Gasteiger partial charge < -0.3 is 15.6 Å². The van der Waals surface area contributed by atoms with Crippen LogP contribution in [0.1, 0.15) is 44.3 Å². The van der Waals surface area contributed by atoms with Crippen LogP contribution >= 0.6 is 0 Å². The van der Waals surface area contributed by atoms with Crippen molar-refractivity contribution in [2.75, 3.05) is 5.73 Å². The van der Waals surface area contributed by atoms with E-state index in [1.165, 1.54) is 12.8 Å². The predicted octanol–water partition coefficient (Wildman–Crippen LogP) is 2.04. The van der Waals surface area contributed by atoms with E-state index in [1.807, 2.05) is 13.0 Å². The number of aliphatic hydroxyl groups is 1. The molecule has 0 aromatic carbocycles. The van der Waals surface area contributed by atoms with Crippen LogP contribution in [-0.4, -0.2) is 21.8 Å². The first kappa shape index (κ1) is 11.9. The minimum atomic E-state index is -0.695. The van der Waals surface area contributed by atoms with Gasteiger partial charge in [0.1, 0.15) is 0 Å². The topological polar surface area (TPSA) is 68.4 Å². The molecule has 1 aromatic heterocycles. The first-order chi connectivity index (χ1) is 8.58. The third kappa shape index (κ3) is 2.10. The molecule has 3 atom stereocenters. The Morgan fingerprint density at radius 1 is 1.44 bits per heavy atom. The zero-order valence-electron chi connectivity index (χ0n) is 10.7. The van der Waals surface area contributed by atoms with E-state index in [0.717, 1.165) is 18.4 Å². The number of ether oxygens (including phenoxy) is 1. The first-order valence-corrected chi connectivity index (χ1v) is 6.65. The highest BCUT2D eigenvalue weighted by molar-refractivity contribution is 5.45. The maximum Gasteiger partial charge on any atom is 0.0895 e. The zero-order chi connectivity index (χ0) is 12.8. The zero-order valence-corrected chi connectivity index (χ0v) is 10.7. The average molecular weight is 248 g/mol. The van der Waals surface area contributed by atoms with Crippen LogP contribution in [0.15, 0.2) is 18.5 Å². The van der Waals surface area contributed by atoms with E-state index >= 15 is 0 Å². The van der Waals surface area contributed by atoms with Gasteiger partial charge in [0.25, 0.3) is 0 Å². The van der Waals surface area contributed by atoms with Crippen LogP contribution in [0, 0.1) is 5.92 Å². The Labute approximate surface area is 107 Å². The fraction of sp³-hybridized carbons (Fsp3) is 0.643. The van der Waals surface area contributed by atoms with Gasteiger partial charge in [-0.05, 0) is 44.6 Å². The van der Waals surface area contributed by atoms with Crippen molar-refractivity contribution in [3.63, 3.8) is 0 Å². The van der Waals surface area contributed by atoms with Gasteiger partial charge in [-0.3, -0.25) is 4.98 Å². The van der Waals surface area contributed by atoms with Gasteiger partial charge in [0, 0.05) is 11.8 Å². The van der Waals surface area contributed by atoms with Gasteiger partial charge in [-0.2, -0.15) is 0 Å². The second-order valence-electron chi connectivity index (χ2n) is 5.78. The lowest BCUT2D eigenvalue weighted by Crippen LogP contribution is -2.47. The van der Waals surface area contributed by atoms with Crippen molar-refractivity contribution in [2.45, 2.75) is 50.4 Å². The van der Waals surface area contributed by atoms with E-state index in [0.29, 0.717) is 11.6 Å². The maximum absolute atomic E-state index is 10.4. The molecule has 98 valence electrons. The second kappa shape index (κ2) is 4.21. The summed E-state index contributed by atoms with van der Waals surface area (Å²) in [5, 5.41) is 10.4. The Morgan fingerprint density at radius 2 is 2.22 bits per heavy atom. The molecule has 4 heteroatoms. The Kier molecular flexibility index (Phi) is 2.79. The molecule has 3 N–H and O–H groups in total. The standard InChI is InChI=1S/C14H20N2O2/c1-14(17)6-4-12(18-13(14)9-2-3-9)10-5-7-16-8-11(10)15/h5,7-9,12-13,17H,2-4,6,15H2,1H3. The summed E-state index contributed by atoms with van der Waals surface area (Å²) >= 11 is 0. The van der Waals surface area contributed by atoms with Crippen LogP contribution in [0.25, 0.3) is 0 Å². The highest BCUT2D eigenvalue weighted by Gasteiger charge is 2.47. The smallest absolute Gasteiger partial charge is 0.0895 e. The summed E-state index contributed by atoms with van der Waals surface area (Å²) in [4.78, 5) is 4.00. The maximum atomic E-state index is 10.4. The molecule has 18 heavy (non-hydrogen) atoms. The molecule has 2 heterocycles. The van der Waals surface area contributed by atoms with Crippen molar-refractivity contribution in [1.29, 1.82) is 0 Å². The third-order valence-electron chi connectivity index (χ3n) is 4.12. The second-order valence-corrected chi connectivity index (χ2v) is 5.78. The molecule has 2 fully saturated rings. The van der Waals surface area contributed by atoms with Gasteiger partial charge in [-0.1, -0.05) is 0 Å². The molecule has 0 bridgehead atoms. The summed E-state index contributed by atoms with van der Waals surface area (Å²) in [7, 11) is 0.